The molecule has 0 amide bonds. The van der Waals surface area contributed by atoms with E-state index in [4.69, 9.17) is 11.4 Å². The SMILES string of the molecule is [B]=O.[O]=[Ti]=[O]. The van der Waals surface area contributed by atoms with Crippen molar-refractivity contribution in [2.24, 2.45) is 0 Å². The first-order valence-corrected chi connectivity index (χ1v) is 1.92. The van der Waals surface area contributed by atoms with Crippen LogP contribution in [0.5, 0.6) is 0 Å². The number of rotatable bonds is 0. The van der Waals surface area contributed by atoms with Gasteiger partial charge in [0.25, 0.3) is 0 Å². The fourth-order valence-electron chi connectivity index (χ4n) is 0. The van der Waals surface area contributed by atoms with Gasteiger partial charge in [-0.3, -0.25) is 0 Å². The topological polar surface area (TPSA) is 51.2 Å². The normalized spacial score (nSPS) is 2.20. The van der Waals surface area contributed by atoms with Crippen LogP contribution in [-0.4, -0.2) is 7.72 Å². The molecule has 1 radical (unpaired) electrons. The van der Waals surface area contributed by atoms with E-state index in [2.05, 4.69) is 7.72 Å². The maximum atomic E-state index is 8.50. The van der Waals surface area contributed by atoms with Crippen molar-refractivity contribution in [1.82, 2.24) is 0 Å². The molecule has 0 rings (SSSR count). The second kappa shape index (κ2) is 30.4. The van der Waals surface area contributed by atoms with Gasteiger partial charge in [-0.1, -0.05) is 0 Å². The van der Waals surface area contributed by atoms with Crippen molar-refractivity contribution in [3.63, 3.8) is 0 Å². The van der Waals surface area contributed by atoms with Gasteiger partial charge in [0.2, 0.25) is 0 Å². The van der Waals surface area contributed by atoms with Gasteiger partial charge in [-0.05, 0) is 0 Å². The fraction of sp³-hybridized carbons (Fsp3) is 0. The Morgan fingerprint density at radius 1 is 1.20 bits per heavy atom. The minimum absolute atomic E-state index is 2.00. The van der Waals surface area contributed by atoms with E-state index >= 15 is 0 Å². The molecule has 0 aliphatic heterocycles. The summed E-state index contributed by atoms with van der Waals surface area (Å²) < 4.78 is 24.8. The molecular formula is BO3Ti. The van der Waals surface area contributed by atoms with Gasteiger partial charge in [0, 0.05) is 0 Å². The molecule has 0 fully saturated rings. The zero-order valence-electron chi connectivity index (χ0n) is 2.30. The summed E-state index contributed by atoms with van der Waals surface area (Å²) in [6, 6.07) is 0. The molecule has 5 heavy (non-hydrogen) atoms. The zero-order chi connectivity index (χ0) is 4.71. The van der Waals surface area contributed by atoms with Crippen LogP contribution >= 0.6 is 0 Å². The molecule has 25 valence electrons. The molecule has 0 saturated carbocycles. The third-order valence-electron chi connectivity index (χ3n) is 0. The van der Waals surface area contributed by atoms with Crippen molar-refractivity contribution in [3.05, 3.63) is 0 Å². The molecule has 0 aromatic heterocycles. The van der Waals surface area contributed by atoms with Gasteiger partial charge in [-0.25, -0.2) is 0 Å². The Balaban J connectivity index is 0. The van der Waals surface area contributed by atoms with Crippen molar-refractivity contribution < 1.29 is 30.4 Å². The second-order valence-corrected chi connectivity index (χ2v) is 0.344. The molecule has 3 nitrogen and oxygen atoms in total. The molecule has 0 atom stereocenters. The van der Waals surface area contributed by atoms with Crippen LogP contribution in [0.1, 0.15) is 0 Å². The standard InChI is InChI=1S/BO.2O.Ti/c1-2;;;. The van der Waals surface area contributed by atoms with Gasteiger partial charge >= 0.3 is 38.2 Å². The van der Waals surface area contributed by atoms with Crippen LogP contribution in [0.15, 0.2) is 0 Å². The molecule has 0 aliphatic carbocycles. The molecule has 0 bridgehead atoms. The zero-order valence-corrected chi connectivity index (χ0v) is 3.86. The summed E-state index contributed by atoms with van der Waals surface area (Å²) in [5.74, 6) is 0. The molecule has 0 N–H and O–H groups in total. The van der Waals surface area contributed by atoms with Crippen LogP contribution in [0.25, 0.3) is 0 Å². The van der Waals surface area contributed by atoms with Crippen LogP contribution in [0.4, 0.5) is 0 Å². The number of hydrogen-bond donors (Lipinski definition) is 0. The van der Waals surface area contributed by atoms with Gasteiger partial charge in [-0.2, -0.15) is 0 Å². The van der Waals surface area contributed by atoms with E-state index in [0.29, 0.717) is 0 Å². The summed E-state index contributed by atoms with van der Waals surface area (Å²) in [4.78, 5) is 0. The van der Waals surface area contributed by atoms with Crippen LogP contribution in [0.3, 0.4) is 0 Å². The number of hydrogen-bond acceptors (Lipinski definition) is 3. The Morgan fingerprint density at radius 2 is 1.20 bits per heavy atom. The third kappa shape index (κ3) is 618. The van der Waals surface area contributed by atoms with Crippen LogP contribution in [0, 0.1) is 0 Å². The van der Waals surface area contributed by atoms with Crippen molar-refractivity contribution >= 4 is 7.72 Å². The molecule has 0 saturated heterocycles. The monoisotopic (exact) mass is 107 g/mol. The molecule has 0 unspecified atom stereocenters. The Labute approximate surface area is 38.7 Å². The Hall–Kier alpha value is 0.179. The Kier molecular flexibility index (Phi) is 54.4. The third-order valence-corrected chi connectivity index (χ3v) is 0. The first-order chi connectivity index (χ1) is 2.41. The maximum absolute atomic E-state index is 8.50. The molecule has 0 aliphatic rings. The van der Waals surface area contributed by atoms with E-state index in [9.17, 15) is 0 Å². The Morgan fingerprint density at radius 3 is 1.20 bits per heavy atom. The fourth-order valence-corrected chi connectivity index (χ4v) is 0. The quantitative estimate of drug-likeness (QED) is 0.383. The second-order valence-electron chi connectivity index (χ2n) is 0.0833. The van der Waals surface area contributed by atoms with E-state index in [1.165, 1.54) is 0 Å². The summed E-state index contributed by atoms with van der Waals surface area (Å²) in [5, 5.41) is 0. The first kappa shape index (κ1) is 8.95. The molecule has 0 spiro atoms. The summed E-state index contributed by atoms with van der Waals surface area (Å²) in [6.07, 6.45) is 0. The van der Waals surface area contributed by atoms with Crippen molar-refractivity contribution in [3.8, 4) is 0 Å². The Bertz CT molecular complexity index is 36.2. The molecule has 0 heterocycles. The summed E-state index contributed by atoms with van der Waals surface area (Å²) in [7, 11) is 3.25. The predicted octanol–water partition coefficient (Wildman–Crippen LogP) is -0.740. The molecule has 0 aromatic rings. The van der Waals surface area contributed by atoms with Gasteiger partial charge in [0.1, 0.15) is 0 Å². The molecule has 5 heteroatoms. The predicted molar refractivity (Wildman–Crippen MR) is 7.81 cm³/mol. The van der Waals surface area contributed by atoms with Gasteiger partial charge in [0.05, 0.1) is 0 Å². The van der Waals surface area contributed by atoms with E-state index in [1.54, 1.807) is 0 Å². The van der Waals surface area contributed by atoms with Crippen molar-refractivity contribution in [2.45, 2.75) is 0 Å². The van der Waals surface area contributed by atoms with Gasteiger partial charge < -0.3 is 0 Å². The minimum atomic E-state index is -2.00. The summed E-state index contributed by atoms with van der Waals surface area (Å²) >= 11 is -2.00. The van der Waals surface area contributed by atoms with Crippen LogP contribution in [0.2, 0.25) is 0 Å². The van der Waals surface area contributed by atoms with E-state index in [1.807, 2.05) is 0 Å². The van der Waals surface area contributed by atoms with Crippen molar-refractivity contribution in [2.75, 3.05) is 0 Å². The van der Waals surface area contributed by atoms with E-state index in [-0.39, 0.29) is 0 Å². The summed E-state index contributed by atoms with van der Waals surface area (Å²) in [5.41, 5.74) is 0. The van der Waals surface area contributed by atoms with Crippen molar-refractivity contribution in [1.29, 1.82) is 0 Å². The van der Waals surface area contributed by atoms with Crippen LogP contribution < -0.4 is 0 Å². The van der Waals surface area contributed by atoms with Gasteiger partial charge in [0.15, 0.2) is 0 Å². The average Bonchev–Trinajstić information content (AvgIpc) is 1.46. The average molecular weight is 107 g/mol. The first-order valence-electron chi connectivity index (χ1n) is 0.644. The van der Waals surface area contributed by atoms with E-state index < -0.39 is 19.1 Å². The molecule has 0 aromatic carbocycles. The van der Waals surface area contributed by atoms with Gasteiger partial charge in [-0.15, -0.1) is 0 Å². The van der Waals surface area contributed by atoms with Crippen LogP contribution in [-0.2, 0) is 30.4 Å². The summed E-state index contributed by atoms with van der Waals surface area (Å²) in [6.45, 7) is 0. The van der Waals surface area contributed by atoms with E-state index in [0.717, 1.165) is 0 Å². The molecular weight excluding hydrogens is 107 g/mol.